The molecule has 2 saturated carbocycles. The van der Waals surface area contributed by atoms with Crippen molar-refractivity contribution in [3.05, 3.63) is 0 Å². The van der Waals surface area contributed by atoms with E-state index in [2.05, 4.69) is 7.06 Å². The molecule has 7 heteroatoms. The van der Waals surface area contributed by atoms with Gasteiger partial charge in [-0.25, -0.2) is 0 Å². The molecule has 6 unspecified atom stereocenters. The predicted octanol–water partition coefficient (Wildman–Crippen LogP) is 0.950. The Morgan fingerprint density at radius 3 is 2.90 bits per heavy atom. The van der Waals surface area contributed by atoms with Crippen molar-refractivity contribution in [2.75, 3.05) is 6.61 Å². The molecule has 6 atom stereocenters. The topological polar surface area (TPSA) is 96.5 Å². The summed E-state index contributed by atoms with van der Waals surface area (Å²) in [7, 11) is 0. The third-order valence-corrected chi connectivity index (χ3v) is 10.6. The summed E-state index contributed by atoms with van der Waals surface area (Å²) in [5.74, 6) is 0.877. The Morgan fingerprint density at radius 1 is 1.48 bits per heavy atom. The minimum atomic E-state index is -1.12. The van der Waals surface area contributed by atoms with Crippen LogP contribution in [0, 0.1) is 29.6 Å². The van der Waals surface area contributed by atoms with Crippen molar-refractivity contribution in [3.8, 4) is 0 Å². The second kappa shape index (κ2) is 4.11. The van der Waals surface area contributed by atoms with Crippen LogP contribution in [-0.2, 0) is 19.1 Å². The van der Waals surface area contributed by atoms with Crippen molar-refractivity contribution >= 4 is 32.3 Å². The van der Waals surface area contributed by atoms with Crippen LogP contribution in [0.4, 0.5) is 0 Å². The normalized spacial score (nSPS) is 46.6. The number of nitrogens with one attached hydrogen (secondary N) is 2. The number of alkyl halides is 1. The number of rotatable bonds is 4. The van der Waals surface area contributed by atoms with E-state index in [-0.39, 0.29) is 39.5 Å². The van der Waals surface area contributed by atoms with Gasteiger partial charge >= 0.3 is 131 Å². The third-order valence-electron chi connectivity index (χ3n) is 5.94. The maximum absolute atomic E-state index is 12.5. The Hall–Kier alpha value is -0.410. The molecule has 3 heterocycles. The van der Waals surface area contributed by atoms with Crippen LogP contribution < -0.4 is 7.06 Å². The first-order valence-electron chi connectivity index (χ1n) is 7.76. The predicted molar refractivity (Wildman–Crippen MR) is 80.8 cm³/mol. The molecule has 0 amide bonds. The molecule has 5 rings (SSSR count). The van der Waals surface area contributed by atoms with Crippen LogP contribution in [0.25, 0.3) is 0 Å². The fourth-order valence-electron chi connectivity index (χ4n) is 4.75. The molecule has 3 saturated heterocycles. The SMILES string of the molecule is CCC(C(=O)OC1CC2CC1C1C(=O)OCC21)C12NI1N2. The van der Waals surface area contributed by atoms with E-state index in [0.29, 0.717) is 18.4 Å². The van der Waals surface area contributed by atoms with E-state index in [1.807, 2.05) is 6.92 Å². The summed E-state index contributed by atoms with van der Waals surface area (Å²) in [6.45, 7) is 2.62. The number of ether oxygens (including phenoxy) is 2. The number of carbonyl (C=O) groups excluding carboxylic acids is 2. The van der Waals surface area contributed by atoms with Gasteiger partial charge < -0.3 is 0 Å². The monoisotopic (exact) mass is 406 g/mol. The van der Waals surface area contributed by atoms with Gasteiger partial charge in [0.15, 0.2) is 0 Å². The number of cyclic esters (lactones) is 1. The first-order chi connectivity index (χ1) is 10.1. The van der Waals surface area contributed by atoms with Crippen LogP contribution in [0.3, 0.4) is 0 Å². The number of hydrogen-bond acceptors (Lipinski definition) is 6. The van der Waals surface area contributed by atoms with Gasteiger partial charge in [-0.15, -0.1) is 0 Å². The molecule has 0 aromatic carbocycles. The van der Waals surface area contributed by atoms with Crippen LogP contribution in [0.15, 0.2) is 0 Å². The number of hydrogen-bond donors (Lipinski definition) is 2. The number of fused-ring (bicyclic) bond motifs is 6. The van der Waals surface area contributed by atoms with E-state index >= 15 is 0 Å². The van der Waals surface area contributed by atoms with E-state index in [9.17, 15) is 9.59 Å². The summed E-state index contributed by atoms with van der Waals surface area (Å²) in [6.07, 6.45) is 2.68. The summed E-state index contributed by atoms with van der Waals surface area (Å²) in [4.78, 5) is 24.4. The van der Waals surface area contributed by atoms with Crippen LogP contribution in [0.2, 0.25) is 0 Å². The Balaban J connectivity index is 1.29. The Bertz CT molecular complexity index is 535. The van der Waals surface area contributed by atoms with Gasteiger partial charge in [-0.05, 0) is 0 Å². The van der Waals surface area contributed by atoms with Crippen LogP contribution >= 0.6 is 20.4 Å². The van der Waals surface area contributed by atoms with Gasteiger partial charge in [-0.2, -0.15) is 0 Å². The maximum atomic E-state index is 12.5. The molecular weight excluding hydrogens is 387 g/mol. The molecule has 6 nitrogen and oxygen atoms in total. The van der Waals surface area contributed by atoms with Crippen molar-refractivity contribution < 1.29 is 19.1 Å². The fourth-order valence-corrected chi connectivity index (χ4v) is 9.68. The molecule has 21 heavy (non-hydrogen) atoms. The second-order valence-electron chi connectivity index (χ2n) is 6.84. The van der Waals surface area contributed by atoms with Gasteiger partial charge in [0.2, 0.25) is 0 Å². The second-order valence-corrected chi connectivity index (χ2v) is 11.2. The quantitative estimate of drug-likeness (QED) is 0.180. The fraction of sp³-hybridized carbons (Fsp3) is 0.857. The molecule has 2 bridgehead atoms. The molecule has 116 valence electrons. The summed E-state index contributed by atoms with van der Waals surface area (Å²) in [5.41, 5.74) is 0. The number of esters is 2. The molecule has 0 radical (unpaired) electrons. The average Bonchev–Trinajstić information content (AvgIpc) is 3.08. The molecule has 3 aliphatic heterocycles. The van der Waals surface area contributed by atoms with Gasteiger partial charge in [0, 0.05) is 0 Å². The van der Waals surface area contributed by atoms with Gasteiger partial charge in [0.1, 0.15) is 0 Å². The van der Waals surface area contributed by atoms with Crippen LogP contribution in [-0.4, -0.2) is 28.3 Å². The number of carbonyl (C=O) groups is 2. The minimum absolute atomic E-state index is 0.0117. The van der Waals surface area contributed by atoms with Gasteiger partial charge in [0.25, 0.3) is 0 Å². The van der Waals surface area contributed by atoms with E-state index in [1.54, 1.807) is 0 Å². The Labute approximate surface area is 130 Å². The summed E-state index contributed by atoms with van der Waals surface area (Å²) >= 11 is -1.12. The Kier molecular flexibility index (Phi) is 2.56. The van der Waals surface area contributed by atoms with E-state index < -0.39 is 20.4 Å². The first-order valence-corrected chi connectivity index (χ1v) is 11.0. The Morgan fingerprint density at radius 2 is 2.24 bits per heavy atom. The standard InChI is InChI=1S/C14H19IN2O4/c1-2-9(14-15(16-14)17-14)12(18)21-10-4-6-3-7(10)11-8(6)5-20-13(11)19/h6-11,16-17H,2-5H2,1H3. The summed E-state index contributed by atoms with van der Waals surface area (Å²) in [6, 6.07) is 0. The van der Waals surface area contributed by atoms with Gasteiger partial charge in [-0.1, -0.05) is 0 Å². The molecule has 0 aromatic heterocycles. The summed E-state index contributed by atoms with van der Waals surface area (Å²) in [5, 5.41) is 0. The van der Waals surface area contributed by atoms with Crippen molar-refractivity contribution in [3.63, 3.8) is 0 Å². The van der Waals surface area contributed by atoms with Crippen LogP contribution in [0.5, 0.6) is 0 Å². The zero-order chi connectivity index (χ0) is 14.4. The average molecular weight is 406 g/mol. The van der Waals surface area contributed by atoms with Crippen molar-refractivity contribution in [2.24, 2.45) is 29.6 Å². The van der Waals surface area contributed by atoms with E-state index in [0.717, 1.165) is 19.3 Å². The first kappa shape index (κ1) is 13.1. The summed E-state index contributed by atoms with van der Waals surface area (Å²) < 4.78 is 17.9. The molecule has 0 spiro atoms. The van der Waals surface area contributed by atoms with Gasteiger partial charge in [-0.3, -0.25) is 0 Å². The van der Waals surface area contributed by atoms with Crippen molar-refractivity contribution in [2.45, 2.75) is 36.0 Å². The van der Waals surface area contributed by atoms with Crippen molar-refractivity contribution in [1.82, 2.24) is 7.06 Å². The molecular formula is C14H19IN2O4. The number of halogens is 1. The molecule has 5 fully saturated rings. The zero-order valence-corrected chi connectivity index (χ0v) is 14.0. The molecule has 0 aromatic rings. The molecule has 5 aliphatic rings. The third kappa shape index (κ3) is 1.65. The van der Waals surface area contributed by atoms with E-state index in [1.165, 1.54) is 0 Å². The van der Waals surface area contributed by atoms with Gasteiger partial charge in [0.05, 0.1) is 0 Å². The van der Waals surface area contributed by atoms with E-state index in [4.69, 9.17) is 9.47 Å². The van der Waals surface area contributed by atoms with Crippen molar-refractivity contribution in [1.29, 1.82) is 0 Å². The van der Waals surface area contributed by atoms with Crippen LogP contribution in [0.1, 0.15) is 26.2 Å². The molecule has 2 N–H and O–H groups in total. The molecule has 2 aliphatic carbocycles. The zero-order valence-electron chi connectivity index (χ0n) is 11.8.